The molecule has 4 rings (SSSR count). The Morgan fingerprint density at radius 1 is 1.26 bits per heavy atom. The predicted molar refractivity (Wildman–Crippen MR) is 92.6 cm³/mol. The van der Waals surface area contributed by atoms with Crippen molar-refractivity contribution in [1.82, 2.24) is 14.6 Å². The Kier molecular flexibility index (Phi) is 3.58. The molecule has 2 N–H and O–H groups in total. The van der Waals surface area contributed by atoms with Crippen LogP contribution in [-0.2, 0) is 12.8 Å². The van der Waals surface area contributed by atoms with Gasteiger partial charge in [0.1, 0.15) is 5.82 Å². The SMILES string of the molecule is OC1(CNc2ccn3ncc(Br)c3n2)CCc2ccccc2C1. The lowest BCUT2D eigenvalue weighted by Crippen LogP contribution is -2.42. The van der Waals surface area contributed by atoms with E-state index in [4.69, 9.17) is 0 Å². The fourth-order valence-corrected chi connectivity index (χ4v) is 3.49. The third kappa shape index (κ3) is 2.84. The van der Waals surface area contributed by atoms with Crippen LogP contribution in [0.25, 0.3) is 5.65 Å². The number of hydrogen-bond acceptors (Lipinski definition) is 4. The Hall–Kier alpha value is -1.92. The smallest absolute Gasteiger partial charge is 0.171 e. The largest absolute Gasteiger partial charge is 0.388 e. The van der Waals surface area contributed by atoms with E-state index < -0.39 is 5.60 Å². The Labute approximate surface area is 142 Å². The van der Waals surface area contributed by atoms with E-state index in [1.807, 2.05) is 18.3 Å². The van der Waals surface area contributed by atoms with E-state index >= 15 is 0 Å². The number of nitrogens with zero attached hydrogens (tertiary/aromatic N) is 3. The van der Waals surface area contributed by atoms with Crippen LogP contribution in [0.1, 0.15) is 17.5 Å². The molecule has 2 heterocycles. The molecule has 6 heteroatoms. The van der Waals surface area contributed by atoms with Crippen LogP contribution in [0.4, 0.5) is 5.82 Å². The van der Waals surface area contributed by atoms with Gasteiger partial charge in [-0.3, -0.25) is 0 Å². The molecular weight excluding hydrogens is 356 g/mol. The molecule has 0 amide bonds. The molecule has 2 aromatic heterocycles. The van der Waals surface area contributed by atoms with Crippen molar-refractivity contribution in [2.45, 2.75) is 24.9 Å². The van der Waals surface area contributed by atoms with E-state index in [2.05, 4.69) is 49.5 Å². The minimum atomic E-state index is -0.736. The molecule has 0 saturated heterocycles. The minimum absolute atomic E-state index is 0.482. The molecule has 1 unspecified atom stereocenters. The first-order chi connectivity index (χ1) is 11.1. The summed E-state index contributed by atoms with van der Waals surface area (Å²) in [6.45, 7) is 0.482. The van der Waals surface area contributed by atoms with Crippen LogP contribution in [0.15, 0.2) is 47.2 Å². The average Bonchev–Trinajstić information content (AvgIpc) is 2.94. The van der Waals surface area contributed by atoms with Crippen LogP contribution in [0, 0.1) is 0 Å². The molecule has 0 spiro atoms. The van der Waals surface area contributed by atoms with E-state index in [9.17, 15) is 5.11 Å². The third-order valence-electron chi connectivity index (χ3n) is 4.42. The molecule has 0 aliphatic heterocycles. The van der Waals surface area contributed by atoms with Crippen LogP contribution < -0.4 is 5.32 Å². The van der Waals surface area contributed by atoms with Crippen molar-refractivity contribution < 1.29 is 5.11 Å². The lowest BCUT2D eigenvalue weighted by Gasteiger charge is -2.33. The van der Waals surface area contributed by atoms with Crippen molar-refractivity contribution >= 4 is 27.4 Å². The maximum atomic E-state index is 10.9. The van der Waals surface area contributed by atoms with E-state index in [0.717, 1.165) is 28.8 Å². The number of anilines is 1. The molecular formula is C17H17BrN4O. The summed E-state index contributed by atoms with van der Waals surface area (Å²) in [6, 6.07) is 10.2. The molecule has 118 valence electrons. The van der Waals surface area contributed by atoms with Gasteiger partial charge in [-0.25, -0.2) is 9.50 Å². The first kappa shape index (κ1) is 14.7. The summed E-state index contributed by atoms with van der Waals surface area (Å²) in [5, 5.41) is 18.3. The normalized spacial score (nSPS) is 20.4. The number of aryl methyl sites for hydroxylation is 1. The lowest BCUT2D eigenvalue weighted by atomic mass is 9.80. The van der Waals surface area contributed by atoms with Gasteiger partial charge in [0, 0.05) is 19.2 Å². The van der Waals surface area contributed by atoms with Crippen molar-refractivity contribution in [3.05, 3.63) is 58.3 Å². The number of aliphatic hydroxyl groups is 1. The van der Waals surface area contributed by atoms with Crippen molar-refractivity contribution in [3.63, 3.8) is 0 Å². The van der Waals surface area contributed by atoms with Gasteiger partial charge in [-0.1, -0.05) is 24.3 Å². The Morgan fingerprint density at radius 3 is 2.96 bits per heavy atom. The van der Waals surface area contributed by atoms with Crippen LogP contribution in [0.5, 0.6) is 0 Å². The number of aromatic nitrogens is 3. The lowest BCUT2D eigenvalue weighted by molar-refractivity contribution is 0.0395. The molecule has 5 nitrogen and oxygen atoms in total. The highest BCUT2D eigenvalue weighted by Gasteiger charge is 2.31. The number of nitrogens with one attached hydrogen (secondary N) is 1. The van der Waals surface area contributed by atoms with Gasteiger partial charge >= 0.3 is 0 Å². The Bertz CT molecular complexity index is 863. The topological polar surface area (TPSA) is 62.5 Å². The highest BCUT2D eigenvalue weighted by molar-refractivity contribution is 9.10. The first-order valence-electron chi connectivity index (χ1n) is 7.66. The summed E-state index contributed by atoms with van der Waals surface area (Å²) in [4.78, 5) is 4.53. The predicted octanol–water partition coefficient (Wildman–Crippen LogP) is 2.82. The zero-order chi connectivity index (χ0) is 15.9. The summed E-state index contributed by atoms with van der Waals surface area (Å²) in [7, 11) is 0. The Balaban J connectivity index is 1.50. The molecule has 0 bridgehead atoms. The zero-order valence-corrected chi connectivity index (χ0v) is 14.1. The minimum Gasteiger partial charge on any atom is -0.388 e. The monoisotopic (exact) mass is 372 g/mol. The number of rotatable bonds is 3. The fraction of sp³-hybridized carbons (Fsp3) is 0.294. The van der Waals surface area contributed by atoms with Gasteiger partial charge in [0.2, 0.25) is 0 Å². The van der Waals surface area contributed by atoms with Crippen molar-refractivity contribution in [2.24, 2.45) is 0 Å². The molecule has 0 saturated carbocycles. The van der Waals surface area contributed by atoms with Gasteiger partial charge in [0.15, 0.2) is 5.65 Å². The molecule has 1 aliphatic rings. The number of hydrogen-bond donors (Lipinski definition) is 2. The second kappa shape index (κ2) is 5.62. The summed E-state index contributed by atoms with van der Waals surface area (Å²) in [6.07, 6.45) is 5.92. The highest BCUT2D eigenvalue weighted by Crippen LogP contribution is 2.29. The van der Waals surface area contributed by atoms with Crippen LogP contribution in [0.2, 0.25) is 0 Å². The summed E-state index contributed by atoms with van der Waals surface area (Å²) < 4.78 is 2.56. The van der Waals surface area contributed by atoms with E-state index in [0.29, 0.717) is 13.0 Å². The van der Waals surface area contributed by atoms with Gasteiger partial charge < -0.3 is 10.4 Å². The summed E-state index contributed by atoms with van der Waals surface area (Å²) in [5.74, 6) is 0.742. The quantitative estimate of drug-likeness (QED) is 0.741. The first-order valence-corrected chi connectivity index (χ1v) is 8.45. The number of benzene rings is 1. The van der Waals surface area contributed by atoms with E-state index in [1.165, 1.54) is 11.1 Å². The summed E-state index contributed by atoms with van der Waals surface area (Å²) in [5.41, 5.74) is 2.61. The van der Waals surface area contributed by atoms with Crippen LogP contribution in [-0.4, -0.2) is 31.9 Å². The fourth-order valence-electron chi connectivity index (χ4n) is 3.13. The van der Waals surface area contributed by atoms with E-state index in [-0.39, 0.29) is 0 Å². The molecule has 1 aromatic carbocycles. The standard InChI is InChI=1S/C17H17BrN4O/c18-14-10-20-22-8-6-15(21-16(14)22)19-11-17(23)7-5-12-3-1-2-4-13(12)9-17/h1-4,6,8,10,23H,5,7,9,11H2,(H,19,21). The van der Waals surface area contributed by atoms with Gasteiger partial charge in [-0.2, -0.15) is 5.10 Å². The van der Waals surface area contributed by atoms with E-state index in [1.54, 1.807) is 10.7 Å². The van der Waals surface area contributed by atoms with Gasteiger partial charge in [-0.15, -0.1) is 0 Å². The molecule has 1 atom stereocenters. The zero-order valence-electron chi connectivity index (χ0n) is 12.5. The third-order valence-corrected chi connectivity index (χ3v) is 4.98. The maximum absolute atomic E-state index is 10.9. The number of halogens is 1. The van der Waals surface area contributed by atoms with Crippen LogP contribution in [0.3, 0.4) is 0 Å². The van der Waals surface area contributed by atoms with Gasteiger partial charge in [0.25, 0.3) is 0 Å². The van der Waals surface area contributed by atoms with Crippen molar-refractivity contribution in [1.29, 1.82) is 0 Å². The second-order valence-corrected chi connectivity index (χ2v) is 6.95. The second-order valence-electron chi connectivity index (χ2n) is 6.10. The molecule has 3 aromatic rings. The molecule has 23 heavy (non-hydrogen) atoms. The summed E-state index contributed by atoms with van der Waals surface area (Å²) >= 11 is 3.43. The number of fused-ring (bicyclic) bond motifs is 2. The molecule has 0 fully saturated rings. The maximum Gasteiger partial charge on any atom is 0.171 e. The van der Waals surface area contributed by atoms with Crippen LogP contribution >= 0.6 is 15.9 Å². The molecule has 1 aliphatic carbocycles. The molecule has 0 radical (unpaired) electrons. The van der Waals surface area contributed by atoms with Gasteiger partial charge in [0.05, 0.1) is 16.3 Å². The average molecular weight is 373 g/mol. The van der Waals surface area contributed by atoms with Crippen molar-refractivity contribution in [3.8, 4) is 0 Å². The Morgan fingerprint density at radius 2 is 2.09 bits per heavy atom. The van der Waals surface area contributed by atoms with Gasteiger partial charge in [-0.05, 0) is 46.0 Å². The highest BCUT2D eigenvalue weighted by atomic mass is 79.9. The van der Waals surface area contributed by atoms with Crippen molar-refractivity contribution in [2.75, 3.05) is 11.9 Å².